The van der Waals surface area contributed by atoms with Crippen molar-refractivity contribution in [3.05, 3.63) is 35.0 Å². The van der Waals surface area contributed by atoms with Gasteiger partial charge in [0.15, 0.2) is 6.10 Å². The Kier molecular flexibility index (Phi) is 5.20. The minimum absolute atomic E-state index is 0.161. The molecule has 4 nitrogen and oxygen atoms in total. The number of nitrogens with one attached hydrogen (secondary N) is 2. The van der Waals surface area contributed by atoms with Crippen LogP contribution in [0.1, 0.15) is 61.4 Å². The largest absolute Gasteiger partial charge is 0.382 e. The molecule has 152 valence electrons. The maximum atomic E-state index is 10.9. The molecule has 3 heterocycles. The van der Waals surface area contributed by atoms with Gasteiger partial charge in [-0.05, 0) is 63.1 Å². The fourth-order valence-corrected chi connectivity index (χ4v) is 6.29. The predicted molar refractivity (Wildman–Crippen MR) is 113 cm³/mol. The Hall–Kier alpha value is -1.36. The number of hydrogen-bond donors (Lipinski definition) is 3. The second-order valence-corrected chi connectivity index (χ2v) is 9.62. The Morgan fingerprint density at radius 3 is 2.71 bits per heavy atom. The molecule has 1 aromatic heterocycles. The molecule has 0 saturated carbocycles. The molecule has 5 rings (SSSR count). The zero-order valence-electron chi connectivity index (χ0n) is 17.5. The lowest BCUT2D eigenvalue weighted by atomic mass is 9.89. The molecule has 4 heteroatoms. The van der Waals surface area contributed by atoms with Gasteiger partial charge in [-0.2, -0.15) is 0 Å². The van der Waals surface area contributed by atoms with Crippen molar-refractivity contribution >= 4 is 10.9 Å². The van der Waals surface area contributed by atoms with Crippen LogP contribution < -0.4 is 9.80 Å². The number of aromatic nitrogens is 1. The Labute approximate surface area is 169 Å². The van der Waals surface area contributed by atoms with Crippen LogP contribution in [0, 0.1) is 6.92 Å². The van der Waals surface area contributed by atoms with Gasteiger partial charge in [-0.1, -0.05) is 11.6 Å². The lowest BCUT2D eigenvalue weighted by Gasteiger charge is -2.38. The fourth-order valence-electron chi connectivity index (χ4n) is 6.29. The van der Waals surface area contributed by atoms with Crippen LogP contribution in [0.3, 0.4) is 0 Å². The minimum Gasteiger partial charge on any atom is -0.382 e. The van der Waals surface area contributed by atoms with Crippen molar-refractivity contribution in [1.29, 1.82) is 0 Å². The van der Waals surface area contributed by atoms with Gasteiger partial charge in [0.1, 0.15) is 19.1 Å². The molecule has 1 saturated heterocycles. The van der Waals surface area contributed by atoms with E-state index in [9.17, 15) is 5.11 Å². The van der Waals surface area contributed by atoms with Gasteiger partial charge in [-0.25, -0.2) is 0 Å². The Morgan fingerprint density at radius 2 is 1.89 bits per heavy atom. The summed E-state index contributed by atoms with van der Waals surface area (Å²) in [5, 5.41) is 12.4. The molecule has 1 fully saturated rings. The van der Waals surface area contributed by atoms with Gasteiger partial charge in [0, 0.05) is 17.3 Å². The maximum Gasteiger partial charge on any atom is 0.152 e. The average Bonchev–Trinajstić information content (AvgIpc) is 2.83. The molecular formula is C24H37N3O+2. The normalized spacial score (nSPS) is 26.8. The molecule has 1 unspecified atom stereocenters. The molecule has 2 aliphatic heterocycles. The van der Waals surface area contributed by atoms with E-state index in [1.807, 2.05) is 0 Å². The van der Waals surface area contributed by atoms with Crippen molar-refractivity contribution in [2.75, 3.05) is 32.7 Å². The number of benzene rings is 1. The number of aliphatic hydroxyl groups excluding tert-OH is 1. The van der Waals surface area contributed by atoms with Gasteiger partial charge in [0.25, 0.3) is 0 Å². The van der Waals surface area contributed by atoms with E-state index in [1.165, 1.54) is 74.5 Å². The molecule has 3 atom stereocenters. The third kappa shape index (κ3) is 3.40. The van der Waals surface area contributed by atoms with Crippen LogP contribution in [0.15, 0.2) is 18.2 Å². The van der Waals surface area contributed by atoms with Crippen molar-refractivity contribution in [2.45, 2.75) is 70.6 Å². The molecule has 0 spiro atoms. The topological polar surface area (TPSA) is 34.0 Å². The highest BCUT2D eigenvalue weighted by Gasteiger charge is 2.38. The van der Waals surface area contributed by atoms with Crippen molar-refractivity contribution in [3.63, 3.8) is 0 Å². The van der Waals surface area contributed by atoms with Gasteiger partial charge in [0.2, 0.25) is 0 Å². The monoisotopic (exact) mass is 383 g/mol. The van der Waals surface area contributed by atoms with Gasteiger partial charge in [-0.3, -0.25) is 0 Å². The summed E-state index contributed by atoms with van der Waals surface area (Å²) in [5.41, 5.74) is 6.02. The molecule has 28 heavy (non-hydrogen) atoms. The summed E-state index contributed by atoms with van der Waals surface area (Å²) in [5.74, 6) is 0. The lowest BCUT2D eigenvalue weighted by molar-refractivity contribution is -0.949. The molecule has 2 aromatic rings. The third-order valence-corrected chi connectivity index (χ3v) is 7.60. The first-order valence-corrected chi connectivity index (χ1v) is 11.7. The van der Waals surface area contributed by atoms with Gasteiger partial charge >= 0.3 is 0 Å². The van der Waals surface area contributed by atoms with E-state index < -0.39 is 0 Å². The Bertz CT molecular complexity index is 834. The molecule has 0 amide bonds. The van der Waals surface area contributed by atoms with E-state index in [-0.39, 0.29) is 6.10 Å². The van der Waals surface area contributed by atoms with E-state index in [0.717, 1.165) is 26.2 Å². The van der Waals surface area contributed by atoms with Crippen LogP contribution in [0.25, 0.3) is 10.9 Å². The zero-order chi connectivity index (χ0) is 19.1. The first-order chi connectivity index (χ1) is 13.7. The van der Waals surface area contributed by atoms with Gasteiger partial charge in [0.05, 0.1) is 31.9 Å². The van der Waals surface area contributed by atoms with Crippen LogP contribution in [0.4, 0.5) is 0 Å². The summed E-state index contributed by atoms with van der Waals surface area (Å²) in [6, 6.07) is 7.58. The summed E-state index contributed by atoms with van der Waals surface area (Å²) >= 11 is 0. The van der Waals surface area contributed by atoms with Crippen molar-refractivity contribution in [1.82, 2.24) is 4.57 Å². The standard InChI is InChI=1S/C24H35N3O/c1-18-9-10-22-21(15-18)20-7-6-8-23-24(20)27(22)14-13-26(23)17-19(28)16-25-11-4-2-3-5-12-25/h9-10,15,19,23,28H,2-8,11-14,16-17H2,1H3/p+2/t19-,23+/m1/s1. The smallest absolute Gasteiger partial charge is 0.152 e. The predicted octanol–water partition coefficient (Wildman–Crippen LogP) is 1.05. The molecular weight excluding hydrogens is 346 g/mol. The maximum absolute atomic E-state index is 10.9. The second-order valence-electron chi connectivity index (χ2n) is 9.62. The quantitative estimate of drug-likeness (QED) is 0.725. The molecule has 3 aliphatic rings. The van der Waals surface area contributed by atoms with E-state index in [2.05, 4.69) is 29.7 Å². The van der Waals surface area contributed by atoms with Crippen molar-refractivity contribution in [3.8, 4) is 0 Å². The van der Waals surface area contributed by atoms with E-state index >= 15 is 0 Å². The second kappa shape index (κ2) is 7.81. The minimum atomic E-state index is -0.161. The zero-order valence-corrected chi connectivity index (χ0v) is 17.5. The summed E-state index contributed by atoms with van der Waals surface area (Å²) in [4.78, 5) is 3.27. The van der Waals surface area contributed by atoms with Crippen LogP contribution in [-0.2, 0) is 13.0 Å². The number of aryl methyl sites for hydroxylation is 2. The van der Waals surface area contributed by atoms with E-state index in [1.54, 1.807) is 21.1 Å². The first kappa shape index (κ1) is 18.7. The number of aliphatic hydroxyl groups is 1. The SMILES string of the molecule is Cc1ccc2c(c1)c1c3n2CC[NH+](C[C@H](O)C[NH+]2CCCCCC2)[C@H]3CCC1. The van der Waals surface area contributed by atoms with Crippen LogP contribution in [-0.4, -0.2) is 48.5 Å². The van der Waals surface area contributed by atoms with Crippen molar-refractivity contribution in [2.24, 2.45) is 0 Å². The molecule has 1 aliphatic carbocycles. The Balaban J connectivity index is 1.35. The highest BCUT2D eigenvalue weighted by Crippen LogP contribution is 2.37. The van der Waals surface area contributed by atoms with E-state index in [4.69, 9.17) is 0 Å². The number of likely N-dealkylation sites (tertiary alicyclic amines) is 1. The van der Waals surface area contributed by atoms with Gasteiger partial charge in [-0.15, -0.1) is 0 Å². The third-order valence-electron chi connectivity index (χ3n) is 7.60. The van der Waals surface area contributed by atoms with E-state index in [0.29, 0.717) is 6.04 Å². The van der Waals surface area contributed by atoms with Crippen LogP contribution in [0.5, 0.6) is 0 Å². The number of quaternary nitrogens is 2. The fraction of sp³-hybridized carbons (Fsp3) is 0.667. The summed E-state index contributed by atoms with van der Waals surface area (Å²) in [7, 11) is 0. The molecule has 3 N–H and O–H groups in total. The summed E-state index contributed by atoms with van der Waals surface area (Å²) in [6.07, 6.45) is 9.08. The number of fused-ring (bicyclic) bond motifs is 3. The van der Waals surface area contributed by atoms with Crippen molar-refractivity contribution < 1.29 is 14.9 Å². The highest BCUT2D eigenvalue weighted by atomic mass is 16.3. The molecule has 0 radical (unpaired) electrons. The molecule has 0 bridgehead atoms. The highest BCUT2D eigenvalue weighted by molar-refractivity contribution is 5.86. The summed E-state index contributed by atoms with van der Waals surface area (Å²) < 4.78 is 2.61. The Morgan fingerprint density at radius 1 is 1.07 bits per heavy atom. The average molecular weight is 384 g/mol. The first-order valence-electron chi connectivity index (χ1n) is 11.7. The summed E-state index contributed by atoms with van der Waals surface area (Å²) in [6.45, 7) is 8.86. The number of rotatable bonds is 4. The van der Waals surface area contributed by atoms with Gasteiger partial charge < -0.3 is 19.5 Å². The lowest BCUT2D eigenvalue weighted by Crippen LogP contribution is -3.17. The van der Waals surface area contributed by atoms with Crippen LogP contribution >= 0.6 is 0 Å². The van der Waals surface area contributed by atoms with Crippen LogP contribution in [0.2, 0.25) is 0 Å². The molecule has 1 aromatic carbocycles. The number of hydrogen-bond acceptors (Lipinski definition) is 1. The number of nitrogens with zero attached hydrogens (tertiary/aromatic N) is 1.